The topological polar surface area (TPSA) is 84.5 Å². The fourth-order valence-corrected chi connectivity index (χ4v) is 5.27. The molecule has 2 aromatic carbocycles. The summed E-state index contributed by atoms with van der Waals surface area (Å²) in [5, 5.41) is 6.10. The number of halogens is 1. The van der Waals surface area contributed by atoms with Crippen LogP contribution in [0, 0.1) is 23.7 Å². The number of benzene rings is 2. The Balaban J connectivity index is 1.30. The first-order valence-electron chi connectivity index (χ1n) is 9.68. The lowest BCUT2D eigenvalue weighted by Gasteiger charge is -2.23. The van der Waals surface area contributed by atoms with Crippen molar-refractivity contribution in [3.05, 3.63) is 59.1 Å². The molecular formula is C22H19ClN2O4. The molecule has 2 bridgehead atoms. The summed E-state index contributed by atoms with van der Waals surface area (Å²) in [4.78, 5) is 37.6. The number of hydrogen-bond donors (Lipinski definition) is 2. The fraction of sp³-hybridized carbons (Fsp3) is 0.318. The van der Waals surface area contributed by atoms with Crippen molar-refractivity contribution in [2.75, 3.05) is 10.6 Å². The van der Waals surface area contributed by atoms with Gasteiger partial charge in [0.05, 0.1) is 22.5 Å². The Morgan fingerprint density at radius 2 is 1.86 bits per heavy atom. The first-order chi connectivity index (χ1) is 14.0. The molecule has 29 heavy (non-hydrogen) atoms. The Morgan fingerprint density at radius 3 is 2.69 bits per heavy atom. The molecule has 6 nitrogen and oxygen atoms in total. The Kier molecular flexibility index (Phi) is 4.32. The molecule has 2 saturated carbocycles. The molecule has 1 aliphatic heterocycles. The zero-order valence-electron chi connectivity index (χ0n) is 15.4. The molecule has 0 radical (unpaired) electrons. The van der Waals surface area contributed by atoms with Gasteiger partial charge in [0.2, 0.25) is 5.91 Å². The predicted molar refractivity (Wildman–Crippen MR) is 108 cm³/mol. The van der Waals surface area contributed by atoms with Gasteiger partial charge in [0.25, 0.3) is 5.91 Å². The van der Waals surface area contributed by atoms with Crippen molar-refractivity contribution < 1.29 is 19.1 Å². The summed E-state index contributed by atoms with van der Waals surface area (Å²) < 4.78 is 5.40. The Labute approximate surface area is 172 Å². The fourth-order valence-electron chi connectivity index (χ4n) is 5.08. The standard InChI is InChI=1S/C22H19ClN2O4/c23-15-6-1-2-7-16(15)25-20(26)11-4-3-5-13(8-11)24-21(27)18-12-9-14-17(10-12)29-22(28)19(14)18/h1-8,12,14,17-19H,9-10H2,(H,24,27)(H,25,26)/t12-,14-,17+,18+,19-/m1/s1. The van der Waals surface area contributed by atoms with E-state index < -0.39 is 0 Å². The van der Waals surface area contributed by atoms with E-state index in [1.807, 2.05) is 0 Å². The third-order valence-electron chi connectivity index (χ3n) is 6.30. The molecular weight excluding hydrogens is 392 g/mol. The molecule has 2 N–H and O–H groups in total. The Bertz CT molecular complexity index is 1020. The van der Waals surface area contributed by atoms with Crippen molar-refractivity contribution in [2.24, 2.45) is 23.7 Å². The van der Waals surface area contributed by atoms with Crippen molar-refractivity contribution in [3.8, 4) is 0 Å². The summed E-state index contributed by atoms with van der Waals surface area (Å²) in [5.41, 5.74) is 1.44. The average molecular weight is 411 g/mol. The van der Waals surface area contributed by atoms with E-state index in [1.165, 1.54) is 0 Å². The van der Waals surface area contributed by atoms with Gasteiger partial charge in [0.1, 0.15) is 6.10 Å². The van der Waals surface area contributed by atoms with Gasteiger partial charge in [-0.3, -0.25) is 14.4 Å². The number of ether oxygens (including phenoxy) is 1. The van der Waals surface area contributed by atoms with Gasteiger partial charge in [0.15, 0.2) is 0 Å². The molecule has 0 unspecified atom stereocenters. The average Bonchev–Trinajstić information content (AvgIpc) is 3.32. The summed E-state index contributed by atoms with van der Waals surface area (Å²) in [6.07, 6.45) is 1.64. The quantitative estimate of drug-likeness (QED) is 0.752. The summed E-state index contributed by atoms with van der Waals surface area (Å²) in [6.45, 7) is 0. The minimum atomic E-state index is -0.355. The molecule has 1 saturated heterocycles. The molecule has 2 aromatic rings. The molecule has 3 fully saturated rings. The van der Waals surface area contributed by atoms with E-state index in [9.17, 15) is 14.4 Å². The summed E-state index contributed by atoms with van der Waals surface area (Å²) in [7, 11) is 0. The maximum Gasteiger partial charge on any atom is 0.310 e. The van der Waals surface area contributed by atoms with Crippen LogP contribution in [0.25, 0.3) is 0 Å². The van der Waals surface area contributed by atoms with Crippen molar-refractivity contribution in [2.45, 2.75) is 18.9 Å². The Morgan fingerprint density at radius 1 is 1.03 bits per heavy atom. The van der Waals surface area contributed by atoms with E-state index in [0.717, 1.165) is 12.8 Å². The third kappa shape index (κ3) is 3.08. The summed E-state index contributed by atoms with van der Waals surface area (Å²) >= 11 is 6.09. The highest BCUT2D eigenvalue weighted by molar-refractivity contribution is 6.33. The van der Waals surface area contributed by atoms with E-state index >= 15 is 0 Å². The lowest BCUT2D eigenvalue weighted by Crippen LogP contribution is -2.35. The van der Waals surface area contributed by atoms with Crippen LogP contribution >= 0.6 is 11.6 Å². The van der Waals surface area contributed by atoms with Crippen LogP contribution < -0.4 is 10.6 Å². The number of nitrogens with one attached hydrogen (secondary N) is 2. The van der Waals surface area contributed by atoms with Crippen LogP contribution in [0.1, 0.15) is 23.2 Å². The van der Waals surface area contributed by atoms with Gasteiger partial charge in [-0.05, 0) is 49.1 Å². The molecule has 2 aliphatic carbocycles. The van der Waals surface area contributed by atoms with Gasteiger partial charge in [-0.15, -0.1) is 0 Å². The maximum atomic E-state index is 12.9. The highest BCUT2D eigenvalue weighted by Gasteiger charge is 2.63. The maximum absolute atomic E-state index is 12.9. The second-order valence-corrected chi connectivity index (χ2v) is 8.33. The number of hydrogen-bond acceptors (Lipinski definition) is 4. The molecule has 148 valence electrons. The highest BCUT2D eigenvalue weighted by atomic mass is 35.5. The van der Waals surface area contributed by atoms with Crippen LogP contribution in [0.15, 0.2) is 48.5 Å². The molecule has 0 aromatic heterocycles. The lowest BCUT2D eigenvalue weighted by atomic mass is 9.79. The molecule has 1 heterocycles. The van der Waals surface area contributed by atoms with Gasteiger partial charge in [0, 0.05) is 17.2 Å². The number of para-hydroxylation sites is 1. The van der Waals surface area contributed by atoms with E-state index in [1.54, 1.807) is 48.5 Å². The molecule has 7 heteroatoms. The molecule has 5 rings (SSSR count). The van der Waals surface area contributed by atoms with Gasteiger partial charge >= 0.3 is 5.97 Å². The number of carbonyl (C=O) groups is 3. The minimum Gasteiger partial charge on any atom is -0.462 e. The second kappa shape index (κ2) is 6.88. The first kappa shape index (κ1) is 18.2. The number of rotatable bonds is 4. The van der Waals surface area contributed by atoms with E-state index in [-0.39, 0.29) is 47.6 Å². The lowest BCUT2D eigenvalue weighted by molar-refractivity contribution is -0.145. The van der Waals surface area contributed by atoms with Crippen molar-refractivity contribution in [1.29, 1.82) is 0 Å². The first-order valence-corrected chi connectivity index (χ1v) is 10.1. The van der Waals surface area contributed by atoms with Crippen molar-refractivity contribution in [1.82, 2.24) is 0 Å². The SMILES string of the molecule is O=C(Nc1ccccc1Cl)c1cccc(NC(=O)[C@H]2[C@@H]3C[C@H]4[C@H]2C(=O)O[C@H]4C3)c1. The van der Waals surface area contributed by atoms with E-state index in [4.69, 9.17) is 16.3 Å². The van der Waals surface area contributed by atoms with Crippen molar-refractivity contribution >= 4 is 40.8 Å². The highest BCUT2D eigenvalue weighted by Crippen LogP contribution is 2.57. The second-order valence-electron chi connectivity index (χ2n) is 7.93. The van der Waals surface area contributed by atoms with E-state index in [0.29, 0.717) is 22.0 Å². The van der Waals surface area contributed by atoms with Gasteiger partial charge in [-0.25, -0.2) is 0 Å². The molecule has 0 spiro atoms. The largest absolute Gasteiger partial charge is 0.462 e. The van der Waals surface area contributed by atoms with Gasteiger partial charge in [-0.1, -0.05) is 29.8 Å². The monoisotopic (exact) mass is 410 g/mol. The zero-order chi connectivity index (χ0) is 20.1. The van der Waals surface area contributed by atoms with Crippen LogP contribution in [-0.2, 0) is 14.3 Å². The van der Waals surface area contributed by atoms with Crippen LogP contribution in [0.5, 0.6) is 0 Å². The van der Waals surface area contributed by atoms with Crippen LogP contribution in [-0.4, -0.2) is 23.9 Å². The molecule has 3 aliphatic rings. The summed E-state index contributed by atoms with van der Waals surface area (Å²) in [5.74, 6) is -1.06. The van der Waals surface area contributed by atoms with Crippen molar-refractivity contribution in [3.63, 3.8) is 0 Å². The van der Waals surface area contributed by atoms with E-state index in [2.05, 4.69) is 10.6 Å². The minimum absolute atomic E-state index is 0.00150. The predicted octanol–water partition coefficient (Wildman–Crippen LogP) is 3.73. The van der Waals surface area contributed by atoms with Crippen LogP contribution in [0.4, 0.5) is 11.4 Å². The van der Waals surface area contributed by atoms with Gasteiger partial charge < -0.3 is 15.4 Å². The molecule has 2 amide bonds. The van der Waals surface area contributed by atoms with Gasteiger partial charge in [-0.2, -0.15) is 0 Å². The molecule has 5 atom stereocenters. The number of anilines is 2. The number of amides is 2. The van der Waals surface area contributed by atoms with Crippen LogP contribution in [0.2, 0.25) is 5.02 Å². The number of esters is 1. The number of fused-ring (bicyclic) bond motifs is 1. The third-order valence-corrected chi connectivity index (χ3v) is 6.63. The van der Waals surface area contributed by atoms with Crippen LogP contribution in [0.3, 0.4) is 0 Å². The number of carbonyl (C=O) groups excluding carboxylic acids is 3. The normalized spacial score (nSPS) is 28.9. The Hall–Kier alpha value is -2.86. The summed E-state index contributed by atoms with van der Waals surface area (Å²) in [6, 6.07) is 13.7. The smallest absolute Gasteiger partial charge is 0.310 e. The zero-order valence-corrected chi connectivity index (χ0v) is 16.2.